The molecule has 3 aromatic heterocycles. The van der Waals surface area contributed by atoms with Crippen molar-refractivity contribution in [2.75, 3.05) is 30.4 Å². The van der Waals surface area contributed by atoms with E-state index < -0.39 is 0 Å². The number of aryl methyl sites for hydroxylation is 1. The molecule has 0 unspecified atom stereocenters. The van der Waals surface area contributed by atoms with Crippen LogP contribution in [0.5, 0.6) is 5.75 Å². The summed E-state index contributed by atoms with van der Waals surface area (Å²) in [5.41, 5.74) is 2.47. The Hall–Kier alpha value is -3.16. The number of imidazole rings is 1. The van der Waals surface area contributed by atoms with Gasteiger partial charge in [0.25, 0.3) is 5.91 Å². The van der Waals surface area contributed by atoms with Gasteiger partial charge in [-0.3, -0.25) is 4.79 Å². The van der Waals surface area contributed by atoms with Gasteiger partial charge in [0.1, 0.15) is 11.5 Å². The van der Waals surface area contributed by atoms with Gasteiger partial charge in [0.2, 0.25) is 0 Å². The lowest BCUT2D eigenvalue weighted by atomic mass is 9.93. The van der Waals surface area contributed by atoms with Crippen molar-refractivity contribution in [1.29, 1.82) is 0 Å². The highest BCUT2D eigenvalue weighted by atomic mass is 16.5. The highest BCUT2D eigenvalue weighted by molar-refractivity contribution is 6.02. The predicted molar refractivity (Wildman–Crippen MR) is 114 cm³/mol. The van der Waals surface area contributed by atoms with E-state index in [-0.39, 0.29) is 11.6 Å². The highest BCUT2D eigenvalue weighted by Gasteiger charge is 2.30. The van der Waals surface area contributed by atoms with Crippen LogP contribution in [0.25, 0.3) is 5.65 Å². The SMILES string of the molecule is COc1cc(NC(=O)c2cnc(N3CC(CCC4CC4)C3)cn2)cn2cc(C)nc12. The van der Waals surface area contributed by atoms with Crippen molar-refractivity contribution < 1.29 is 9.53 Å². The number of carbonyl (C=O) groups excluding carboxylic acids is 1. The van der Waals surface area contributed by atoms with Crippen LogP contribution in [0, 0.1) is 18.8 Å². The zero-order valence-electron chi connectivity index (χ0n) is 17.3. The fourth-order valence-corrected chi connectivity index (χ4v) is 4.02. The van der Waals surface area contributed by atoms with E-state index in [2.05, 4.69) is 25.2 Å². The molecule has 0 aromatic carbocycles. The number of carbonyl (C=O) groups is 1. The molecule has 1 N–H and O–H groups in total. The number of rotatable bonds is 7. The molecule has 2 fully saturated rings. The molecule has 0 spiro atoms. The molecule has 2 aliphatic rings. The van der Waals surface area contributed by atoms with Crippen LogP contribution in [0.1, 0.15) is 41.9 Å². The molecule has 0 atom stereocenters. The van der Waals surface area contributed by atoms with Crippen molar-refractivity contribution in [2.24, 2.45) is 11.8 Å². The first-order chi connectivity index (χ1) is 14.6. The summed E-state index contributed by atoms with van der Waals surface area (Å²) < 4.78 is 7.24. The smallest absolute Gasteiger partial charge is 0.275 e. The molecule has 1 aliphatic carbocycles. The van der Waals surface area contributed by atoms with Crippen LogP contribution in [-0.2, 0) is 0 Å². The number of methoxy groups -OCH3 is 1. The monoisotopic (exact) mass is 406 g/mol. The third kappa shape index (κ3) is 3.81. The maximum absolute atomic E-state index is 12.6. The minimum Gasteiger partial charge on any atom is -0.493 e. The summed E-state index contributed by atoms with van der Waals surface area (Å²) in [6, 6.07) is 1.75. The van der Waals surface area contributed by atoms with E-state index >= 15 is 0 Å². The summed E-state index contributed by atoms with van der Waals surface area (Å²) in [5, 5.41) is 2.87. The van der Waals surface area contributed by atoms with E-state index in [0.717, 1.165) is 36.4 Å². The maximum atomic E-state index is 12.6. The molecule has 3 aromatic rings. The van der Waals surface area contributed by atoms with Crippen LogP contribution < -0.4 is 15.0 Å². The lowest BCUT2D eigenvalue weighted by Crippen LogP contribution is -2.47. The van der Waals surface area contributed by atoms with Crippen molar-refractivity contribution >= 4 is 23.1 Å². The lowest BCUT2D eigenvalue weighted by molar-refractivity contribution is 0.102. The number of pyridine rings is 1. The van der Waals surface area contributed by atoms with Crippen LogP contribution in [0.15, 0.2) is 30.9 Å². The maximum Gasteiger partial charge on any atom is 0.275 e. The minimum absolute atomic E-state index is 0.283. The third-order valence-electron chi connectivity index (χ3n) is 5.95. The third-order valence-corrected chi connectivity index (χ3v) is 5.95. The Balaban J connectivity index is 1.22. The Bertz CT molecular complexity index is 1070. The van der Waals surface area contributed by atoms with E-state index in [1.807, 2.05) is 17.5 Å². The highest BCUT2D eigenvalue weighted by Crippen LogP contribution is 2.36. The van der Waals surface area contributed by atoms with Gasteiger partial charge in [0.15, 0.2) is 11.4 Å². The topological polar surface area (TPSA) is 84.6 Å². The molecule has 0 radical (unpaired) electrons. The summed E-state index contributed by atoms with van der Waals surface area (Å²) in [7, 11) is 1.58. The van der Waals surface area contributed by atoms with Crippen LogP contribution >= 0.6 is 0 Å². The predicted octanol–water partition coefficient (Wildman–Crippen LogP) is 3.32. The zero-order valence-corrected chi connectivity index (χ0v) is 17.3. The molecule has 8 nitrogen and oxygen atoms in total. The number of amides is 1. The van der Waals surface area contributed by atoms with Gasteiger partial charge >= 0.3 is 0 Å². The molecule has 4 heterocycles. The molecule has 30 heavy (non-hydrogen) atoms. The molecule has 0 bridgehead atoms. The van der Waals surface area contributed by atoms with Crippen LogP contribution in [-0.4, -0.2) is 45.5 Å². The van der Waals surface area contributed by atoms with Crippen molar-refractivity contribution in [3.63, 3.8) is 0 Å². The Morgan fingerprint density at radius 2 is 1.97 bits per heavy atom. The number of fused-ring (bicyclic) bond motifs is 1. The van der Waals surface area contributed by atoms with Gasteiger partial charge in [-0.15, -0.1) is 0 Å². The molecule has 1 saturated heterocycles. The number of hydrogen-bond donors (Lipinski definition) is 1. The van der Waals surface area contributed by atoms with E-state index in [0.29, 0.717) is 17.1 Å². The first-order valence-electron chi connectivity index (χ1n) is 10.5. The number of aromatic nitrogens is 4. The van der Waals surface area contributed by atoms with Crippen LogP contribution in [0.3, 0.4) is 0 Å². The normalized spacial score (nSPS) is 16.5. The molecule has 1 aliphatic heterocycles. The molecule has 156 valence electrons. The van der Waals surface area contributed by atoms with E-state index in [1.54, 1.807) is 31.8 Å². The quantitative estimate of drug-likeness (QED) is 0.648. The number of hydrogen-bond acceptors (Lipinski definition) is 6. The van der Waals surface area contributed by atoms with Crippen molar-refractivity contribution in [2.45, 2.75) is 32.6 Å². The Morgan fingerprint density at radius 3 is 2.67 bits per heavy atom. The van der Waals surface area contributed by atoms with Crippen molar-refractivity contribution in [1.82, 2.24) is 19.4 Å². The molecule has 5 rings (SSSR count). The largest absolute Gasteiger partial charge is 0.493 e. The van der Waals surface area contributed by atoms with Gasteiger partial charge in [-0.05, 0) is 25.2 Å². The number of ether oxygens (including phenoxy) is 1. The van der Waals surface area contributed by atoms with E-state index in [4.69, 9.17) is 4.74 Å². The fourth-order valence-electron chi connectivity index (χ4n) is 4.02. The Labute approximate surface area is 175 Å². The van der Waals surface area contributed by atoms with Gasteiger partial charge in [-0.1, -0.05) is 19.3 Å². The first-order valence-corrected chi connectivity index (χ1v) is 10.5. The number of anilines is 2. The minimum atomic E-state index is -0.307. The van der Waals surface area contributed by atoms with Gasteiger partial charge in [-0.2, -0.15) is 0 Å². The first kappa shape index (κ1) is 18.8. The van der Waals surface area contributed by atoms with Crippen molar-refractivity contribution in [3.05, 3.63) is 42.2 Å². The summed E-state index contributed by atoms with van der Waals surface area (Å²) in [5.74, 6) is 2.89. The van der Waals surface area contributed by atoms with Gasteiger partial charge in [-0.25, -0.2) is 15.0 Å². The standard InChI is InChI=1S/C22H26N6O2/c1-14-10-28-13-17(7-19(30-2)21(28)25-14)26-22(29)18-8-24-20(9-23-18)27-11-16(12-27)6-5-15-3-4-15/h7-10,13,15-16H,3-6,11-12H2,1-2H3,(H,26,29). The lowest BCUT2D eigenvalue weighted by Gasteiger charge is -2.40. The fraction of sp³-hybridized carbons (Fsp3) is 0.455. The second-order valence-corrected chi connectivity index (χ2v) is 8.42. The van der Waals surface area contributed by atoms with Gasteiger partial charge in [0, 0.05) is 31.5 Å². The summed E-state index contributed by atoms with van der Waals surface area (Å²) >= 11 is 0. The Kier molecular flexibility index (Phi) is 4.77. The Morgan fingerprint density at radius 1 is 1.17 bits per heavy atom. The number of nitrogens with zero attached hydrogens (tertiary/aromatic N) is 5. The van der Waals surface area contributed by atoms with Crippen molar-refractivity contribution in [3.8, 4) is 5.75 Å². The van der Waals surface area contributed by atoms with E-state index in [1.165, 1.54) is 25.7 Å². The molecular formula is C22H26N6O2. The molecule has 8 heteroatoms. The average molecular weight is 406 g/mol. The van der Waals surface area contributed by atoms with Crippen LogP contribution in [0.4, 0.5) is 11.5 Å². The van der Waals surface area contributed by atoms with Gasteiger partial charge in [0.05, 0.1) is 30.9 Å². The molecular weight excluding hydrogens is 380 g/mol. The summed E-state index contributed by atoms with van der Waals surface area (Å²) in [4.78, 5) is 28.1. The second-order valence-electron chi connectivity index (χ2n) is 8.42. The molecule has 1 saturated carbocycles. The zero-order chi connectivity index (χ0) is 20.7. The summed E-state index contributed by atoms with van der Waals surface area (Å²) in [6.07, 6.45) is 12.5. The average Bonchev–Trinajstić information content (AvgIpc) is 3.46. The van der Waals surface area contributed by atoms with E-state index in [9.17, 15) is 4.79 Å². The number of nitrogens with one attached hydrogen (secondary N) is 1. The van der Waals surface area contributed by atoms with Crippen LogP contribution in [0.2, 0.25) is 0 Å². The molecule has 1 amide bonds. The van der Waals surface area contributed by atoms with Gasteiger partial charge < -0.3 is 19.4 Å². The summed E-state index contributed by atoms with van der Waals surface area (Å²) in [6.45, 7) is 3.99. The second kappa shape index (κ2) is 7.59.